The zero-order valence-electron chi connectivity index (χ0n) is 21.2. The van der Waals surface area contributed by atoms with Crippen LogP contribution in [0.4, 0.5) is 4.79 Å². The van der Waals surface area contributed by atoms with Crippen molar-refractivity contribution >= 4 is 6.09 Å². The molecule has 0 bridgehead atoms. The van der Waals surface area contributed by atoms with Crippen molar-refractivity contribution in [3.8, 4) is 0 Å². The van der Waals surface area contributed by atoms with Crippen LogP contribution >= 0.6 is 0 Å². The second-order valence-electron chi connectivity index (χ2n) is 10.7. The molecule has 1 aromatic carbocycles. The Morgan fingerprint density at radius 1 is 1.09 bits per heavy atom. The summed E-state index contributed by atoms with van der Waals surface area (Å²) in [6.07, 6.45) is 4.47. The summed E-state index contributed by atoms with van der Waals surface area (Å²) in [4.78, 5) is 23.4. The van der Waals surface area contributed by atoms with Crippen LogP contribution in [0, 0.1) is 20.8 Å². The monoisotopic (exact) mass is 453 g/mol. The number of carbonyl (C=O) groups is 1. The maximum atomic E-state index is 12.4. The molecular weight excluding hydrogens is 414 g/mol. The molecule has 2 aromatic rings. The highest BCUT2D eigenvalue weighted by atomic mass is 16.6. The maximum absolute atomic E-state index is 12.4. The van der Waals surface area contributed by atoms with Crippen molar-refractivity contribution in [2.24, 2.45) is 0 Å². The van der Waals surface area contributed by atoms with Gasteiger partial charge >= 0.3 is 6.09 Å². The first-order valence-electron chi connectivity index (χ1n) is 12.0. The number of rotatable bonds is 5. The summed E-state index contributed by atoms with van der Waals surface area (Å²) >= 11 is 0. The molecule has 1 unspecified atom stereocenters. The van der Waals surface area contributed by atoms with Gasteiger partial charge < -0.3 is 14.7 Å². The van der Waals surface area contributed by atoms with E-state index < -0.39 is 11.2 Å². The molecule has 1 saturated heterocycles. The Labute approximate surface area is 198 Å². The standard InChI is InChI=1S/C27H39N3O3/c1-18-14-19(2)16-21(15-18)8-11-27(7,32)23-17-28-20(3)29-24(23)22-9-12-30(13-10-22)25(31)33-26(4,5)6/h14-17,22,32H,8-13H2,1-7H3. The predicted molar refractivity (Wildman–Crippen MR) is 130 cm³/mol. The number of piperidine rings is 1. The lowest BCUT2D eigenvalue weighted by Crippen LogP contribution is -2.41. The zero-order valence-corrected chi connectivity index (χ0v) is 21.2. The third-order valence-electron chi connectivity index (χ3n) is 6.23. The van der Waals surface area contributed by atoms with Gasteiger partial charge in [-0.25, -0.2) is 14.8 Å². The van der Waals surface area contributed by atoms with Crippen LogP contribution in [0.15, 0.2) is 24.4 Å². The van der Waals surface area contributed by atoms with E-state index in [0.717, 1.165) is 30.5 Å². The molecular formula is C27H39N3O3. The summed E-state index contributed by atoms with van der Waals surface area (Å²) in [5.74, 6) is 0.876. The highest BCUT2D eigenvalue weighted by Crippen LogP contribution is 2.36. The fourth-order valence-electron chi connectivity index (χ4n) is 4.61. The number of benzene rings is 1. The molecule has 2 heterocycles. The lowest BCUT2D eigenvalue weighted by atomic mass is 9.83. The second-order valence-corrected chi connectivity index (χ2v) is 10.7. The molecule has 180 valence electrons. The SMILES string of the molecule is Cc1cc(C)cc(CCC(C)(O)c2cnc(C)nc2C2CCN(C(=O)OC(C)(C)C)CC2)c1. The Bertz CT molecular complexity index is 966. The number of hydrogen-bond acceptors (Lipinski definition) is 5. The van der Waals surface area contributed by atoms with Gasteiger partial charge in [0.2, 0.25) is 0 Å². The molecule has 6 heteroatoms. The van der Waals surface area contributed by atoms with E-state index in [1.54, 1.807) is 11.1 Å². The lowest BCUT2D eigenvalue weighted by molar-refractivity contribution is 0.0197. The minimum Gasteiger partial charge on any atom is -0.444 e. The van der Waals surface area contributed by atoms with Gasteiger partial charge in [0.05, 0.1) is 11.3 Å². The summed E-state index contributed by atoms with van der Waals surface area (Å²) < 4.78 is 5.53. The lowest BCUT2D eigenvalue weighted by Gasteiger charge is -2.35. The molecule has 1 fully saturated rings. The predicted octanol–water partition coefficient (Wildman–Crippen LogP) is 5.36. The first-order chi connectivity index (χ1) is 15.3. The van der Waals surface area contributed by atoms with Gasteiger partial charge in [0, 0.05) is 30.8 Å². The smallest absolute Gasteiger partial charge is 0.410 e. The molecule has 1 atom stereocenters. The summed E-state index contributed by atoms with van der Waals surface area (Å²) in [5.41, 5.74) is 3.88. The van der Waals surface area contributed by atoms with Crippen molar-refractivity contribution in [2.75, 3.05) is 13.1 Å². The fourth-order valence-corrected chi connectivity index (χ4v) is 4.61. The summed E-state index contributed by atoms with van der Waals surface area (Å²) in [7, 11) is 0. The minimum atomic E-state index is -1.04. The molecule has 0 saturated carbocycles. The Morgan fingerprint density at radius 3 is 2.27 bits per heavy atom. The third kappa shape index (κ3) is 6.76. The molecule has 1 aromatic heterocycles. The van der Waals surface area contributed by atoms with Crippen LogP contribution < -0.4 is 0 Å². The van der Waals surface area contributed by atoms with Crippen molar-refractivity contribution in [1.29, 1.82) is 0 Å². The Morgan fingerprint density at radius 2 is 1.70 bits per heavy atom. The normalized spacial score (nSPS) is 17.0. The Hall–Kier alpha value is -2.47. The van der Waals surface area contributed by atoms with E-state index in [9.17, 15) is 9.90 Å². The van der Waals surface area contributed by atoms with E-state index >= 15 is 0 Å². The molecule has 6 nitrogen and oxygen atoms in total. The quantitative estimate of drug-likeness (QED) is 0.660. The topological polar surface area (TPSA) is 75.6 Å². The van der Waals surface area contributed by atoms with Crippen molar-refractivity contribution in [3.63, 3.8) is 0 Å². The van der Waals surface area contributed by atoms with Crippen LogP contribution in [-0.2, 0) is 16.8 Å². The van der Waals surface area contributed by atoms with Gasteiger partial charge in [0.25, 0.3) is 0 Å². The van der Waals surface area contributed by atoms with Crippen LogP contribution in [0.5, 0.6) is 0 Å². The molecule has 33 heavy (non-hydrogen) atoms. The Kier molecular flexibility index (Phi) is 7.47. The first-order valence-corrected chi connectivity index (χ1v) is 12.0. The number of aromatic nitrogens is 2. The van der Waals surface area contributed by atoms with Crippen LogP contribution in [0.25, 0.3) is 0 Å². The van der Waals surface area contributed by atoms with Gasteiger partial charge in [0.1, 0.15) is 11.4 Å². The first kappa shape index (κ1) is 25.2. The summed E-state index contributed by atoms with van der Waals surface area (Å²) in [6, 6.07) is 6.53. The number of likely N-dealkylation sites (tertiary alicyclic amines) is 1. The molecule has 0 radical (unpaired) electrons. The highest BCUT2D eigenvalue weighted by Gasteiger charge is 2.33. The van der Waals surface area contributed by atoms with E-state index in [2.05, 4.69) is 37.0 Å². The van der Waals surface area contributed by atoms with Gasteiger partial charge in [-0.3, -0.25) is 0 Å². The molecule has 1 N–H and O–H groups in total. The second kappa shape index (κ2) is 9.80. The summed E-state index contributed by atoms with van der Waals surface area (Å²) in [6.45, 7) is 14.8. The van der Waals surface area contributed by atoms with E-state index in [0.29, 0.717) is 25.3 Å². The average Bonchev–Trinajstić information content (AvgIpc) is 2.70. The van der Waals surface area contributed by atoms with Gasteiger partial charge in [-0.2, -0.15) is 0 Å². The van der Waals surface area contributed by atoms with Crippen LogP contribution in [0.1, 0.15) is 86.6 Å². The van der Waals surface area contributed by atoms with Crippen molar-refractivity contribution in [1.82, 2.24) is 14.9 Å². The molecule has 1 aliphatic heterocycles. The minimum absolute atomic E-state index is 0.174. The fraction of sp³-hybridized carbons (Fsp3) is 0.593. The van der Waals surface area contributed by atoms with E-state index in [1.807, 2.05) is 34.6 Å². The number of aliphatic hydroxyl groups is 1. The van der Waals surface area contributed by atoms with Crippen LogP contribution in [0.2, 0.25) is 0 Å². The van der Waals surface area contributed by atoms with Gasteiger partial charge in [-0.15, -0.1) is 0 Å². The number of nitrogens with zero attached hydrogens (tertiary/aromatic N) is 3. The third-order valence-corrected chi connectivity index (χ3v) is 6.23. The molecule has 1 aliphatic rings. The number of aryl methyl sites for hydroxylation is 4. The van der Waals surface area contributed by atoms with E-state index in [4.69, 9.17) is 9.72 Å². The molecule has 3 rings (SSSR count). The van der Waals surface area contributed by atoms with E-state index in [1.165, 1.54) is 16.7 Å². The van der Waals surface area contributed by atoms with E-state index in [-0.39, 0.29) is 12.0 Å². The van der Waals surface area contributed by atoms with Gasteiger partial charge in [0.15, 0.2) is 0 Å². The van der Waals surface area contributed by atoms with Gasteiger partial charge in [-0.1, -0.05) is 29.3 Å². The van der Waals surface area contributed by atoms with Gasteiger partial charge in [-0.05, 0) is 79.7 Å². The number of hydrogen-bond donors (Lipinski definition) is 1. The number of carbonyl (C=O) groups excluding carboxylic acids is 1. The molecule has 1 amide bonds. The maximum Gasteiger partial charge on any atom is 0.410 e. The summed E-state index contributed by atoms with van der Waals surface area (Å²) in [5, 5.41) is 11.5. The zero-order chi connectivity index (χ0) is 24.4. The van der Waals surface area contributed by atoms with Crippen LogP contribution in [-0.4, -0.2) is 44.8 Å². The molecule has 0 aliphatic carbocycles. The van der Waals surface area contributed by atoms with Crippen molar-refractivity contribution < 1.29 is 14.6 Å². The highest BCUT2D eigenvalue weighted by molar-refractivity contribution is 5.68. The molecule has 0 spiro atoms. The van der Waals surface area contributed by atoms with Crippen molar-refractivity contribution in [2.45, 2.75) is 91.3 Å². The number of ether oxygens (including phenoxy) is 1. The largest absolute Gasteiger partial charge is 0.444 e. The van der Waals surface area contributed by atoms with Crippen molar-refractivity contribution in [3.05, 3.63) is 58.2 Å². The number of amides is 1. The Balaban J connectivity index is 1.74. The van der Waals surface area contributed by atoms with Crippen LogP contribution in [0.3, 0.4) is 0 Å². The average molecular weight is 454 g/mol.